The number of imidazole rings is 1. The van der Waals surface area contributed by atoms with Crippen molar-refractivity contribution in [2.45, 2.75) is 79.2 Å². The Morgan fingerprint density at radius 2 is 1.68 bits per heavy atom. The summed E-state index contributed by atoms with van der Waals surface area (Å²) < 4.78 is 2.39. The molecular weight excluding hydrogens is 506 g/mol. The van der Waals surface area contributed by atoms with Crippen LogP contribution in [0.2, 0.25) is 0 Å². The normalized spacial score (nSPS) is 14.6. The average Bonchev–Trinajstić information content (AvgIpc) is 3.54. The maximum absolute atomic E-state index is 13.8. The van der Waals surface area contributed by atoms with Gasteiger partial charge in [0.15, 0.2) is 0 Å². The topological polar surface area (TPSA) is 57.2 Å². The van der Waals surface area contributed by atoms with E-state index in [1.165, 1.54) is 43.3 Å². The summed E-state index contributed by atoms with van der Waals surface area (Å²) >= 11 is 0. The summed E-state index contributed by atoms with van der Waals surface area (Å²) in [4.78, 5) is 27.1. The number of H-pyrrole nitrogens is 1. The summed E-state index contributed by atoms with van der Waals surface area (Å²) in [5, 5.41) is 1.25. The number of aromatic nitrogens is 3. The molecule has 0 unspecified atom stereocenters. The Hall–Kier alpha value is -3.12. The van der Waals surface area contributed by atoms with Gasteiger partial charge in [0.25, 0.3) is 5.91 Å². The Balaban J connectivity index is 1.44. The van der Waals surface area contributed by atoms with E-state index in [1.54, 1.807) is 0 Å². The van der Waals surface area contributed by atoms with Crippen molar-refractivity contribution in [2.75, 3.05) is 32.7 Å². The van der Waals surface area contributed by atoms with Gasteiger partial charge in [0, 0.05) is 48.7 Å². The van der Waals surface area contributed by atoms with Gasteiger partial charge in [-0.1, -0.05) is 52.3 Å². The lowest BCUT2D eigenvalue weighted by Gasteiger charge is -2.26. The number of aromatic amines is 1. The zero-order chi connectivity index (χ0) is 28.8. The molecule has 1 aliphatic rings. The molecule has 1 N–H and O–H groups in total. The minimum Gasteiger partial charge on any atom is -0.361 e. The number of benzene rings is 2. The first-order chi connectivity index (χ1) is 19.9. The van der Waals surface area contributed by atoms with Crippen LogP contribution < -0.4 is 0 Å². The minimum absolute atomic E-state index is 0.146. The van der Waals surface area contributed by atoms with Crippen molar-refractivity contribution < 1.29 is 4.79 Å². The molecule has 2 aromatic heterocycles. The van der Waals surface area contributed by atoms with Crippen LogP contribution >= 0.6 is 0 Å². The summed E-state index contributed by atoms with van der Waals surface area (Å²) in [7, 11) is 0. The second-order valence-corrected chi connectivity index (χ2v) is 12.8. The molecule has 1 amide bonds. The fourth-order valence-corrected chi connectivity index (χ4v) is 6.10. The molecule has 220 valence electrons. The van der Waals surface area contributed by atoms with Gasteiger partial charge < -0.3 is 19.4 Å². The number of piperidine rings is 1. The van der Waals surface area contributed by atoms with Gasteiger partial charge in [0.2, 0.25) is 0 Å². The van der Waals surface area contributed by atoms with Gasteiger partial charge in [-0.15, -0.1) is 0 Å². The highest BCUT2D eigenvalue weighted by atomic mass is 16.2. The predicted molar refractivity (Wildman–Crippen MR) is 171 cm³/mol. The molecule has 1 saturated heterocycles. The molecule has 6 heteroatoms. The highest BCUT2D eigenvalue weighted by Gasteiger charge is 2.20. The van der Waals surface area contributed by atoms with E-state index in [0.29, 0.717) is 11.8 Å². The summed E-state index contributed by atoms with van der Waals surface area (Å²) in [6, 6.07) is 14.6. The summed E-state index contributed by atoms with van der Waals surface area (Å²) in [5.41, 5.74) is 5.26. The molecular formula is C35H49N5O. The van der Waals surface area contributed by atoms with Crippen molar-refractivity contribution in [1.82, 2.24) is 24.3 Å². The lowest BCUT2D eigenvalue weighted by atomic mass is 10.1. The third kappa shape index (κ3) is 7.40. The highest BCUT2D eigenvalue weighted by Crippen LogP contribution is 2.25. The molecule has 1 fully saturated rings. The van der Waals surface area contributed by atoms with E-state index in [4.69, 9.17) is 4.98 Å². The molecule has 4 aromatic rings. The molecule has 41 heavy (non-hydrogen) atoms. The molecule has 5 rings (SSSR count). The number of carbonyl (C=O) groups is 1. The predicted octanol–water partition coefficient (Wildman–Crippen LogP) is 7.52. The number of rotatable bonds is 13. The minimum atomic E-state index is 0.146. The average molecular weight is 556 g/mol. The Bertz CT molecular complexity index is 1410. The molecule has 1 aliphatic heterocycles. The fourth-order valence-electron chi connectivity index (χ4n) is 6.10. The number of likely N-dealkylation sites (tertiary alicyclic amines) is 1. The quantitative estimate of drug-likeness (QED) is 0.186. The number of para-hydroxylation sites is 1. The van der Waals surface area contributed by atoms with Gasteiger partial charge in [-0.05, 0) is 93.4 Å². The van der Waals surface area contributed by atoms with E-state index in [9.17, 15) is 4.79 Å². The maximum Gasteiger partial charge on any atom is 0.253 e. The molecule has 3 heterocycles. The van der Waals surface area contributed by atoms with Gasteiger partial charge >= 0.3 is 0 Å². The van der Waals surface area contributed by atoms with Gasteiger partial charge in [-0.3, -0.25) is 4.79 Å². The van der Waals surface area contributed by atoms with Crippen LogP contribution in [-0.2, 0) is 13.0 Å². The number of aryl methyl sites for hydroxylation is 1. The molecule has 0 atom stereocenters. The first-order valence-corrected chi connectivity index (χ1v) is 15.9. The van der Waals surface area contributed by atoms with Crippen molar-refractivity contribution in [3.63, 3.8) is 0 Å². The number of hydrogen-bond acceptors (Lipinski definition) is 3. The van der Waals surface area contributed by atoms with Crippen LogP contribution in [0.5, 0.6) is 0 Å². The van der Waals surface area contributed by atoms with E-state index in [-0.39, 0.29) is 5.91 Å². The third-order valence-corrected chi connectivity index (χ3v) is 8.64. The molecule has 0 radical (unpaired) electrons. The van der Waals surface area contributed by atoms with Crippen LogP contribution in [0.15, 0.2) is 48.7 Å². The number of nitrogens with zero attached hydrogens (tertiary/aromatic N) is 4. The van der Waals surface area contributed by atoms with E-state index in [1.807, 2.05) is 6.07 Å². The lowest BCUT2D eigenvalue weighted by Crippen LogP contribution is -2.34. The Labute approximate surface area is 246 Å². The molecule has 2 aromatic carbocycles. The zero-order valence-corrected chi connectivity index (χ0v) is 25.7. The summed E-state index contributed by atoms with van der Waals surface area (Å²) in [6.07, 6.45) is 10.0. The second-order valence-electron chi connectivity index (χ2n) is 12.8. The molecule has 0 aliphatic carbocycles. The van der Waals surface area contributed by atoms with Crippen molar-refractivity contribution in [1.29, 1.82) is 0 Å². The van der Waals surface area contributed by atoms with E-state index in [2.05, 4.69) is 89.6 Å². The van der Waals surface area contributed by atoms with Crippen LogP contribution in [0.25, 0.3) is 21.9 Å². The third-order valence-electron chi connectivity index (χ3n) is 8.64. The number of carbonyl (C=O) groups excluding carboxylic acids is 1. The maximum atomic E-state index is 13.8. The van der Waals surface area contributed by atoms with Gasteiger partial charge in [0.1, 0.15) is 5.82 Å². The van der Waals surface area contributed by atoms with E-state index >= 15 is 0 Å². The van der Waals surface area contributed by atoms with Crippen LogP contribution in [0.1, 0.15) is 88.0 Å². The van der Waals surface area contributed by atoms with Gasteiger partial charge in [-0.2, -0.15) is 0 Å². The van der Waals surface area contributed by atoms with Crippen molar-refractivity contribution in [3.8, 4) is 0 Å². The number of nitrogens with one attached hydrogen (secondary N) is 1. The molecule has 0 saturated carbocycles. The van der Waals surface area contributed by atoms with Crippen molar-refractivity contribution >= 4 is 27.8 Å². The van der Waals surface area contributed by atoms with Crippen LogP contribution in [0, 0.1) is 11.8 Å². The Morgan fingerprint density at radius 1 is 0.951 bits per heavy atom. The molecule has 0 bridgehead atoms. The smallest absolute Gasteiger partial charge is 0.253 e. The standard InChI is InChI=1S/C35H49N5O/c1-26(2)15-21-39(22-16-27(3)4)35(41)28-13-14-32-33(23-28)40(20-10-19-38-17-8-5-9-18-38)34(37-32)24-29-25-36-31-12-7-6-11-30(29)31/h6-7,11-14,23,25-27,36H,5,8-10,15-22,24H2,1-4H3. The van der Waals surface area contributed by atoms with E-state index in [0.717, 1.165) is 79.8 Å². The fraction of sp³-hybridized carbons (Fsp3) is 0.543. The number of amides is 1. The van der Waals surface area contributed by atoms with Crippen LogP contribution in [0.3, 0.4) is 0 Å². The lowest BCUT2D eigenvalue weighted by molar-refractivity contribution is 0.0741. The molecule has 0 spiro atoms. The van der Waals surface area contributed by atoms with E-state index < -0.39 is 0 Å². The van der Waals surface area contributed by atoms with Gasteiger partial charge in [-0.25, -0.2) is 4.98 Å². The van der Waals surface area contributed by atoms with Gasteiger partial charge in [0.05, 0.1) is 11.0 Å². The van der Waals surface area contributed by atoms with Crippen molar-refractivity contribution in [2.24, 2.45) is 11.8 Å². The van der Waals surface area contributed by atoms with Crippen molar-refractivity contribution in [3.05, 3.63) is 65.6 Å². The first-order valence-electron chi connectivity index (χ1n) is 15.9. The first kappa shape index (κ1) is 29.4. The number of fused-ring (bicyclic) bond motifs is 2. The zero-order valence-electron chi connectivity index (χ0n) is 25.7. The largest absolute Gasteiger partial charge is 0.361 e. The Kier molecular flexibility index (Phi) is 9.81. The SMILES string of the molecule is CC(C)CCN(CCC(C)C)C(=O)c1ccc2nc(Cc3c[nH]c4ccccc34)n(CCCN3CCCCC3)c2c1. The monoisotopic (exact) mass is 555 g/mol. The number of hydrogen-bond donors (Lipinski definition) is 1. The summed E-state index contributed by atoms with van der Waals surface area (Å²) in [5.74, 6) is 2.36. The summed E-state index contributed by atoms with van der Waals surface area (Å²) in [6.45, 7) is 15.0. The van der Waals surface area contributed by atoms with Crippen LogP contribution in [-0.4, -0.2) is 63.0 Å². The Morgan fingerprint density at radius 3 is 2.41 bits per heavy atom. The molecule has 6 nitrogen and oxygen atoms in total. The van der Waals surface area contributed by atoms with Crippen LogP contribution in [0.4, 0.5) is 0 Å². The highest BCUT2D eigenvalue weighted by molar-refractivity contribution is 5.97. The second kappa shape index (κ2) is 13.7.